The van der Waals surface area contributed by atoms with Gasteiger partial charge in [0, 0.05) is 12.6 Å². The summed E-state index contributed by atoms with van der Waals surface area (Å²) in [5, 5.41) is 12.4. The molecule has 2 N–H and O–H groups in total. The SMILES string of the molecule is CCOC(=O)C(CCc1ccccc1)N[C@@H](C)C(=O)N(CCC(=O)O)C1Cc2ccccc2C1.Cl. The molecule has 0 saturated carbocycles. The highest BCUT2D eigenvalue weighted by Gasteiger charge is 2.34. The van der Waals surface area contributed by atoms with Crippen molar-refractivity contribution in [2.45, 2.75) is 64.1 Å². The molecular weight excluding hydrogens is 468 g/mol. The van der Waals surface area contributed by atoms with E-state index in [0.717, 1.165) is 5.56 Å². The van der Waals surface area contributed by atoms with E-state index in [1.807, 2.05) is 42.5 Å². The molecule has 1 amide bonds. The van der Waals surface area contributed by atoms with Gasteiger partial charge >= 0.3 is 11.9 Å². The molecule has 1 unspecified atom stereocenters. The van der Waals surface area contributed by atoms with Gasteiger partial charge in [0.1, 0.15) is 6.04 Å². The highest BCUT2D eigenvalue weighted by Crippen LogP contribution is 2.26. The first-order valence-electron chi connectivity index (χ1n) is 11.9. The summed E-state index contributed by atoms with van der Waals surface area (Å²) in [4.78, 5) is 39.1. The number of esters is 1. The summed E-state index contributed by atoms with van der Waals surface area (Å²) in [7, 11) is 0. The Morgan fingerprint density at radius 2 is 1.66 bits per heavy atom. The van der Waals surface area contributed by atoms with E-state index in [4.69, 9.17) is 4.74 Å². The number of nitrogens with zero attached hydrogens (tertiary/aromatic N) is 1. The fourth-order valence-electron chi connectivity index (χ4n) is 4.53. The van der Waals surface area contributed by atoms with Crippen LogP contribution in [0, 0.1) is 0 Å². The van der Waals surface area contributed by atoms with Crippen LogP contribution in [0.15, 0.2) is 54.6 Å². The van der Waals surface area contributed by atoms with Crippen LogP contribution in [0.1, 0.15) is 43.4 Å². The lowest BCUT2D eigenvalue weighted by molar-refractivity contribution is -0.146. The number of hydrogen-bond acceptors (Lipinski definition) is 5. The van der Waals surface area contributed by atoms with Crippen molar-refractivity contribution in [1.82, 2.24) is 10.2 Å². The highest BCUT2D eigenvalue weighted by molar-refractivity contribution is 5.85. The largest absolute Gasteiger partial charge is 0.481 e. The Kier molecular flexibility index (Phi) is 11.2. The smallest absolute Gasteiger partial charge is 0.323 e. The second kappa shape index (κ2) is 13.9. The van der Waals surface area contributed by atoms with Gasteiger partial charge < -0.3 is 14.7 Å². The zero-order valence-electron chi connectivity index (χ0n) is 20.3. The van der Waals surface area contributed by atoms with Crippen LogP contribution in [0.25, 0.3) is 0 Å². The lowest BCUT2D eigenvalue weighted by Crippen LogP contribution is -2.54. The predicted octanol–water partition coefficient (Wildman–Crippen LogP) is 3.42. The maximum absolute atomic E-state index is 13.5. The number of halogens is 1. The number of nitrogens with one attached hydrogen (secondary N) is 1. The summed E-state index contributed by atoms with van der Waals surface area (Å²) < 4.78 is 5.25. The molecule has 0 bridgehead atoms. The number of ether oxygens (including phenoxy) is 1. The Morgan fingerprint density at radius 1 is 1.06 bits per heavy atom. The average molecular weight is 503 g/mol. The molecule has 0 spiro atoms. The number of aryl methyl sites for hydroxylation is 1. The molecule has 2 atom stereocenters. The fourth-order valence-corrected chi connectivity index (χ4v) is 4.53. The quantitative estimate of drug-likeness (QED) is 0.432. The molecular formula is C27H35ClN2O5. The van der Waals surface area contributed by atoms with Crippen LogP contribution in [0.4, 0.5) is 0 Å². The summed E-state index contributed by atoms with van der Waals surface area (Å²) in [6.45, 7) is 3.88. The molecule has 0 radical (unpaired) electrons. The third-order valence-corrected chi connectivity index (χ3v) is 6.28. The van der Waals surface area contributed by atoms with Gasteiger partial charge in [0.2, 0.25) is 5.91 Å². The molecule has 1 aliphatic carbocycles. The second-order valence-corrected chi connectivity index (χ2v) is 8.72. The molecule has 2 aromatic carbocycles. The summed E-state index contributed by atoms with van der Waals surface area (Å²) >= 11 is 0. The number of carboxylic acid groups (broad SMARTS) is 1. The minimum absolute atomic E-state index is 0. The molecule has 190 valence electrons. The number of benzene rings is 2. The van der Waals surface area contributed by atoms with Gasteiger partial charge in [-0.3, -0.25) is 19.7 Å². The topological polar surface area (TPSA) is 95.9 Å². The Hall–Kier alpha value is -2.90. The number of fused-ring (bicyclic) bond motifs is 1. The third kappa shape index (κ3) is 8.08. The lowest BCUT2D eigenvalue weighted by atomic mass is 10.0. The molecule has 1 aliphatic rings. The van der Waals surface area contributed by atoms with Crippen LogP contribution in [-0.2, 0) is 38.4 Å². The summed E-state index contributed by atoms with van der Waals surface area (Å²) in [5.41, 5.74) is 3.48. The van der Waals surface area contributed by atoms with Crippen LogP contribution in [-0.4, -0.2) is 59.1 Å². The zero-order chi connectivity index (χ0) is 24.5. The maximum Gasteiger partial charge on any atom is 0.323 e. The Balaban J connectivity index is 0.00000432. The van der Waals surface area contributed by atoms with E-state index in [1.54, 1.807) is 18.7 Å². The van der Waals surface area contributed by atoms with Crippen LogP contribution < -0.4 is 5.32 Å². The van der Waals surface area contributed by atoms with Gasteiger partial charge in [-0.05, 0) is 56.2 Å². The normalized spacial score (nSPS) is 14.3. The molecule has 2 aromatic rings. The van der Waals surface area contributed by atoms with E-state index in [1.165, 1.54) is 11.1 Å². The number of carbonyl (C=O) groups excluding carboxylic acids is 2. The summed E-state index contributed by atoms with van der Waals surface area (Å²) in [6, 6.07) is 16.5. The maximum atomic E-state index is 13.5. The lowest BCUT2D eigenvalue weighted by Gasteiger charge is -2.32. The molecule has 35 heavy (non-hydrogen) atoms. The third-order valence-electron chi connectivity index (χ3n) is 6.28. The minimum Gasteiger partial charge on any atom is -0.481 e. The standard InChI is InChI=1S/C27H34N2O5.ClH/c1-3-34-27(33)24(14-13-20-9-5-4-6-10-20)28-19(2)26(32)29(16-15-25(30)31)23-17-21-11-7-8-12-22(21)18-23;/h4-12,19,23-24,28H,3,13-18H2,1-2H3,(H,30,31);1H/t19-,24?;/m0./s1. The van der Waals surface area contributed by atoms with Crippen molar-refractivity contribution in [2.75, 3.05) is 13.2 Å². The molecule has 0 saturated heterocycles. The summed E-state index contributed by atoms with van der Waals surface area (Å²) in [6.07, 6.45) is 2.43. The molecule has 8 heteroatoms. The number of aliphatic carboxylic acids is 1. The van der Waals surface area contributed by atoms with Crippen molar-refractivity contribution in [2.24, 2.45) is 0 Å². The second-order valence-electron chi connectivity index (χ2n) is 8.72. The van der Waals surface area contributed by atoms with Crippen LogP contribution in [0.2, 0.25) is 0 Å². The van der Waals surface area contributed by atoms with E-state index in [0.29, 0.717) is 25.7 Å². The van der Waals surface area contributed by atoms with Gasteiger partial charge in [0.15, 0.2) is 0 Å². The Morgan fingerprint density at radius 3 is 2.23 bits per heavy atom. The van der Waals surface area contributed by atoms with E-state index in [-0.39, 0.29) is 49.9 Å². The van der Waals surface area contributed by atoms with Crippen molar-refractivity contribution >= 4 is 30.3 Å². The Labute approximate surface area is 213 Å². The van der Waals surface area contributed by atoms with Crippen molar-refractivity contribution in [3.8, 4) is 0 Å². The average Bonchev–Trinajstić information content (AvgIpc) is 3.26. The summed E-state index contributed by atoms with van der Waals surface area (Å²) in [5.74, 6) is -1.53. The fraction of sp³-hybridized carbons (Fsp3) is 0.444. The van der Waals surface area contributed by atoms with Gasteiger partial charge in [-0.1, -0.05) is 54.6 Å². The first-order valence-corrected chi connectivity index (χ1v) is 11.9. The number of carboxylic acids is 1. The number of carbonyl (C=O) groups is 3. The van der Waals surface area contributed by atoms with E-state index in [9.17, 15) is 19.5 Å². The first-order chi connectivity index (χ1) is 16.4. The predicted molar refractivity (Wildman–Crippen MR) is 137 cm³/mol. The monoisotopic (exact) mass is 502 g/mol. The van der Waals surface area contributed by atoms with Gasteiger partial charge in [-0.25, -0.2) is 0 Å². The van der Waals surface area contributed by atoms with Crippen LogP contribution >= 0.6 is 12.4 Å². The van der Waals surface area contributed by atoms with Gasteiger partial charge in [-0.15, -0.1) is 12.4 Å². The van der Waals surface area contributed by atoms with Crippen molar-refractivity contribution in [1.29, 1.82) is 0 Å². The molecule has 3 rings (SSSR count). The molecule has 7 nitrogen and oxygen atoms in total. The zero-order valence-corrected chi connectivity index (χ0v) is 21.1. The van der Waals surface area contributed by atoms with Gasteiger partial charge in [-0.2, -0.15) is 0 Å². The van der Waals surface area contributed by atoms with Gasteiger partial charge in [0.25, 0.3) is 0 Å². The van der Waals surface area contributed by atoms with Crippen LogP contribution in [0.3, 0.4) is 0 Å². The molecule has 0 aromatic heterocycles. The molecule has 0 fully saturated rings. The van der Waals surface area contributed by atoms with Gasteiger partial charge in [0.05, 0.1) is 19.1 Å². The molecule has 0 aliphatic heterocycles. The van der Waals surface area contributed by atoms with Crippen molar-refractivity contribution in [3.63, 3.8) is 0 Å². The number of rotatable bonds is 12. The van der Waals surface area contributed by atoms with Crippen molar-refractivity contribution in [3.05, 3.63) is 71.3 Å². The number of hydrogen-bond donors (Lipinski definition) is 2. The van der Waals surface area contributed by atoms with Crippen LogP contribution in [0.5, 0.6) is 0 Å². The highest BCUT2D eigenvalue weighted by atomic mass is 35.5. The Bertz CT molecular complexity index is 960. The minimum atomic E-state index is -0.943. The first kappa shape index (κ1) is 28.3. The molecule has 0 heterocycles. The number of amides is 1. The van der Waals surface area contributed by atoms with Crippen molar-refractivity contribution < 1.29 is 24.2 Å². The van der Waals surface area contributed by atoms with E-state index >= 15 is 0 Å². The van der Waals surface area contributed by atoms with E-state index < -0.39 is 18.1 Å². The van der Waals surface area contributed by atoms with E-state index in [2.05, 4.69) is 17.4 Å².